The summed E-state index contributed by atoms with van der Waals surface area (Å²) in [5.74, 6) is -0.0331. The van der Waals surface area contributed by atoms with Gasteiger partial charge in [-0.05, 0) is 11.6 Å². The van der Waals surface area contributed by atoms with Crippen molar-refractivity contribution in [3.05, 3.63) is 40.7 Å². The van der Waals surface area contributed by atoms with E-state index >= 15 is 0 Å². The Labute approximate surface area is 107 Å². The first-order valence-electron chi connectivity index (χ1n) is 5.08. The first kappa shape index (κ1) is 12.3. The molecule has 1 aromatic carbocycles. The summed E-state index contributed by atoms with van der Waals surface area (Å²) in [4.78, 5) is 10.7. The van der Waals surface area contributed by atoms with Gasteiger partial charge in [-0.1, -0.05) is 35.0 Å². The first-order valence-corrected chi connectivity index (χ1v) is 5.46. The summed E-state index contributed by atoms with van der Waals surface area (Å²) in [6.45, 7) is -0.00139. The van der Waals surface area contributed by atoms with Crippen LogP contribution in [0.15, 0.2) is 24.3 Å². The van der Waals surface area contributed by atoms with E-state index in [1.807, 2.05) is 6.07 Å². The van der Waals surface area contributed by atoms with Crippen LogP contribution in [0.4, 0.5) is 4.79 Å². The maximum absolute atomic E-state index is 10.7. The molecule has 0 saturated heterocycles. The molecule has 94 valence electrons. The van der Waals surface area contributed by atoms with Gasteiger partial charge >= 0.3 is 6.09 Å². The van der Waals surface area contributed by atoms with Crippen molar-refractivity contribution in [1.29, 1.82) is 0 Å². The smallest absolute Gasteiger partial charge is 0.404 e. The van der Waals surface area contributed by atoms with Crippen LogP contribution in [0.5, 0.6) is 0 Å². The normalized spacial score (nSPS) is 12.1. The molecule has 0 bridgehead atoms. The van der Waals surface area contributed by atoms with Crippen LogP contribution in [0, 0.1) is 0 Å². The molecule has 0 aliphatic heterocycles. The fraction of sp³-hybridized carbons (Fsp3) is 0.200. The van der Waals surface area contributed by atoms with E-state index in [4.69, 9.17) is 22.1 Å². The first-order chi connectivity index (χ1) is 8.68. The minimum absolute atomic E-state index is 0.00139. The standard InChI is InChI=1S/C10H10ClN5O2/c11-8-4-2-1-3-6(8)7(5-18-10(12)17)9-13-15-16-14-9/h1-4,7H,5H2,(H2,12,17)(H,13,14,15,16). The summed E-state index contributed by atoms with van der Waals surface area (Å²) >= 11 is 6.09. The maximum Gasteiger partial charge on any atom is 0.404 e. The Morgan fingerprint density at radius 1 is 1.50 bits per heavy atom. The van der Waals surface area contributed by atoms with Crippen LogP contribution in [0.1, 0.15) is 17.3 Å². The van der Waals surface area contributed by atoms with Gasteiger partial charge in [0.1, 0.15) is 6.61 Å². The molecule has 0 saturated carbocycles. The van der Waals surface area contributed by atoms with Crippen LogP contribution in [0.2, 0.25) is 5.02 Å². The number of amides is 1. The third-order valence-corrected chi connectivity index (χ3v) is 2.69. The number of nitrogens with two attached hydrogens (primary N) is 1. The molecule has 1 atom stereocenters. The molecule has 1 heterocycles. The van der Waals surface area contributed by atoms with Crippen molar-refractivity contribution in [1.82, 2.24) is 20.6 Å². The number of ether oxygens (including phenoxy) is 1. The zero-order valence-electron chi connectivity index (χ0n) is 9.21. The molecule has 8 heteroatoms. The Morgan fingerprint density at radius 2 is 2.28 bits per heavy atom. The number of halogens is 1. The van der Waals surface area contributed by atoms with E-state index in [-0.39, 0.29) is 6.61 Å². The molecule has 2 rings (SSSR count). The van der Waals surface area contributed by atoms with Crippen LogP contribution in [0.25, 0.3) is 0 Å². The quantitative estimate of drug-likeness (QED) is 0.862. The molecule has 1 unspecified atom stereocenters. The number of carbonyl (C=O) groups is 1. The Balaban J connectivity index is 2.30. The number of nitrogens with zero attached hydrogens (tertiary/aromatic N) is 3. The molecular formula is C10H10ClN5O2. The van der Waals surface area contributed by atoms with Crippen LogP contribution in [0.3, 0.4) is 0 Å². The molecule has 0 fully saturated rings. The van der Waals surface area contributed by atoms with E-state index in [0.717, 1.165) is 5.56 Å². The van der Waals surface area contributed by atoms with Crippen molar-refractivity contribution < 1.29 is 9.53 Å². The molecule has 3 N–H and O–H groups in total. The predicted octanol–water partition coefficient (Wildman–Crippen LogP) is 1.08. The Morgan fingerprint density at radius 3 is 2.89 bits per heavy atom. The summed E-state index contributed by atoms with van der Waals surface area (Å²) in [5, 5.41) is 14.1. The highest BCUT2D eigenvalue weighted by atomic mass is 35.5. The van der Waals surface area contributed by atoms with Gasteiger partial charge < -0.3 is 10.5 Å². The number of nitrogens with one attached hydrogen (secondary N) is 1. The number of hydrogen-bond donors (Lipinski definition) is 2. The molecule has 0 aliphatic carbocycles. The second-order valence-corrected chi connectivity index (χ2v) is 3.88. The van der Waals surface area contributed by atoms with Crippen LogP contribution in [-0.4, -0.2) is 33.3 Å². The maximum atomic E-state index is 10.7. The lowest BCUT2D eigenvalue weighted by atomic mass is 9.99. The SMILES string of the molecule is NC(=O)OCC(c1nn[nH]n1)c1ccccc1Cl. The van der Waals surface area contributed by atoms with Gasteiger partial charge in [-0.25, -0.2) is 4.79 Å². The molecule has 1 aromatic heterocycles. The van der Waals surface area contributed by atoms with Crippen molar-refractivity contribution in [3.8, 4) is 0 Å². The lowest BCUT2D eigenvalue weighted by Crippen LogP contribution is -2.19. The molecule has 0 spiro atoms. The van der Waals surface area contributed by atoms with Crippen molar-refractivity contribution in [2.24, 2.45) is 5.73 Å². The van der Waals surface area contributed by atoms with E-state index in [2.05, 4.69) is 20.6 Å². The van der Waals surface area contributed by atoms with E-state index in [1.165, 1.54) is 0 Å². The van der Waals surface area contributed by atoms with Crippen molar-refractivity contribution in [2.75, 3.05) is 6.61 Å². The number of H-pyrrole nitrogens is 1. The zero-order chi connectivity index (χ0) is 13.0. The van der Waals surface area contributed by atoms with Crippen molar-refractivity contribution in [3.63, 3.8) is 0 Å². The van der Waals surface area contributed by atoms with E-state index in [1.54, 1.807) is 18.2 Å². The third-order valence-electron chi connectivity index (χ3n) is 2.35. The van der Waals surface area contributed by atoms with Crippen LogP contribution < -0.4 is 5.73 Å². The summed E-state index contributed by atoms with van der Waals surface area (Å²) in [6.07, 6.45) is -0.865. The van der Waals surface area contributed by atoms with E-state index in [9.17, 15) is 4.79 Å². The molecule has 2 aromatic rings. The molecule has 1 amide bonds. The number of hydrogen-bond acceptors (Lipinski definition) is 5. The van der Waals surface area contributed by atoms with Crippen molar-refractivity contribution in [2.45, 2.75) is 5.92 Å². The predicted molar refractivity (Wildman–Crippen MR) is 63.0 cm³/mol. The topological polar surface area (TPSA) is 107 Å². The summed E-state index contributed by atoms with van der Waals surface area (Å²) in [7, 11) is 0. The molecule has 18 heavy (non-hydrogen) atoms. The lowest BCUT2D eigenvalue weighted by molar-refractivity contribution is 0.152. The third kappa shape index (κ3) is 2.75. The van der Waals surface area contributed by atoms with Gasteiger partial charge in [0, 0.05) is 5.02 Å². The summed E-state index contributed by atoms with van der Waals surface area (Å²) in [6, 6.07) is 7.15. The average Bonchev–Trinajstić information content (AvgIpc) is 2.85. The van der Waals surface area contributed by atoms with Gasteiger partial charge in [0.15, 0.2) is 5.82 Å². The molecular weight excluding hydrogens is 258 g/mol. The second kappa shape index (κ2) is 5.46. The van der Waals surface area contributed by atoms with Crippen molar-refractivity contribution >= 4 is 17.7 Å². The number of rotatable bonds is 4. The summed E-state index contributed by atoms with van der Waals surface area (Å²) in [5.41, 5.74) is 5.69. The number of carbonyl (C=O) groups excluding carboxylic acids is 1. The van der Waals surface area contributed by atoms with E-state index < -0.39 is 12.0 Å². The number of primary amides is 1. The van der Waals surface area contributed by atoms with Crippen LogP contribution in [-0.2, 0) is 4.74 Å². The highest BCUT2D eigenvalue weighted by molar-refractivity contribution is 6.31. The van der Waals surface area contributed by atoms with Crippen LogP contribution >= 0.6 is 11.6 Å². The average molecular weight is 268 g/mol. The molecule has 7 nitrogen and oxygen atoms in total. The molecule has 0 aliphatic rings. The Bertz CT molecular complexity index is 531. The van der Waals surface area contributed by atoms with E-state index in [0.29, 0.717) is 10.8 Å². The van der Waals surface area contributed by atoms with Gasteiger partial charge in [0.2, 0.25) is 0 Å². The minimum Gasteiger partial charge on any atom is -0.449 e. The number of tetrazole rings is 1. The summed E-state index contributed by atoms with van der Waals surface area (Å²) < 4.78 is 4.80. The lowest BCUT2D eigenvalue weighted by Gasteiger charge is -2.14. The van der Waals surface area contributed by atoms with Gasteiger partial charge in [0.25, 0.3) is 0 Å². The fourth-order valence-electron chi connectivity index (χ4n) is 1.54. The number of aromatic nitrogens is 4. The minimum atomic E-state index is -0.865. The molecule has 0 radical (unpaired) electrons. The van der Waals surface area contributed by atoms with Gasteiger partial charge in [-0.2, -0.15) is 5.21 Å². The monoisotopic (exact) mass is 267 g/mol. The van der Waals surface area contributed by atoms with Gasteiger partial charge in [-0.15, -0.1) is 10.2 Å². The second-order valence-electron chi connectivity index (χ2n) is 3.47. The Hall–Kier alpha value is -2.15. The Kier molecular flexibility index (Phi) is 3.73. The number of benzene rings is 1. The highest BCUT2D eigenvalue weighted by Gasteiger charge is 2.22. The van der Waals surface area contributed by atoms with Gasteiger partial charge in [-0.3, -0.25) is 0 Å². The fourth-order valence-corrected chi connectivity index (χ4v) is 1.81. The highest BCUT2D eigenvalue weighted by Crippen LogP contribution is 2.28. The number of aromatic amines is 1. The zero-order valence-corrected chi connectivity index (χ0v) is 9.96. The largest absolute Gasteiger partial charge is 0.449 e. The van der Waals surface area contributed by atoms with Gasteiger partial charge in [0.05, 0.1) is 5.92 Å².